The van der Waals surface area contributed by atoms with Gasteiger partial charge in [-0.05, 0) is 26.7 Å². The van der Waals surface area contributed by atoms with Crippen LogP contribution >= 0.6 is 0 Å². The van der Waals surface area contributed by atoms with Crippen LogP contribution in [0.4, 0.5) is 0 Å². The highest BCUT2D eigenvalue weighted by Crippen LogP contribution is 2.21. The lowest BCUT2D eigenvalue weighted by Gasteiger charge is -2.20. The second-order valence-electron chi connectivity index (χ2n) is 3.94. The summed E-state index contributed by atoms with van der Waals surface area (Å²) in [7, 11) is 0. The Hall–Kier alpha value is -1.06. The molecule has 1 amide bonds. The molecule has 4 heteroatoms. The quantitative estimate of drug-likeness (QED) is 0.519. The number of hydrogen-bond acceptors (Lipinski definition) is 3. The van der Waals surface area contributed by atoms with Crippen molar-refractivity contribution in [3.05, 3.63) is 0 Å². The summed E-state index contributed by atoms with van der Waals surface area (Å²) < 4.78 is 5.00. The fraction of sp³-hybridized carbons (Fsp3) is 0.800. The number of esters is 1. The Bertz CT molecular complexity index is 211. The summed E-state index contributed by atoms with van der Waals surface area (Å²) in [6.07, 6.45) is 1.50. The van der Waals surface area contributed by atoms with Crippen molar-refractivity contribution in [2.45, 2.75) is 40.0 Å². The van der Waals surface area contributed by atoms with E-state index >= 15 is 0 Å². The maximum absolute atomic E-state index is 11.4. The number of amides is 1. The van der Waals surface area contributed by atoms with Gasteiger partial charge in [-0.15, -0.1) is 0 Å². The third-order valence-electron chi connectivity index (χ3n) is 2.24. The zero-order chi connectivity index (χ0) is 11.2. The predicted molar refractivity (Wildman–Crippen MR) is 53.5 cm³/mol. The van der Waals surface area contributed by atoms with Gasteiger partial charge < -0.3 is 10.5 Å². The Balaban J connectivity index is 3.70. The van der Waals surface area contributed by atoms with E-state index in [9.17, 15) is 9.59 Å². The summed E-state index contributed by atoms with van der Waals surface area (Å²) >= 11 is 0. The van der Waals surface area contributed by atoms with E-state index in [-0.39, 0.29) is 24.9 Å². The van der Waals surface area contributed by atoms with E-state index in [1.165, 1.54) is 0 Å². The maximum atomic E-state index is 11.4. The highest BCUT2D eigenvalue weighted by Gasteiger charge is 2.26. The normalized spacial score (nSPS) is 11.1. The number of rotatable bonds is 6. The van der Waals surface area contributed by atoms with Crippen LogP contribution in [0.5, 0.6) is 0 Å². The Labute approximate surface area is 84.8 Å². The van der Waals surface area contributed by atoms with Gasteiger partial charge in [0, 0.05) is 6.42 Å². The van der Waals surface area contributed by atoms with Crippen molar-refractivity contribution in [3.8, 4) is 0 Å². The first-order valence-electron chi connectivity index (χ1n) is 4.85. The van der Waals surface area contributed by atoms with Gasteiger partial charge >= 0.3 is 5.97 Å². The van der Waals surface area contributed by atoms with Crippen LogP contribution in [0.3, 0.4) is 0 Å². The summed E-state index contributed by atoms with van der Waals surface area (Å²) in [5.41, 5.74) is 4.50. The third-order valence-corrected chi connectivity index (χ3v) is 2.24. The van der Waals surface area contributed by atoms with Crippen molar-refractivity contribution in [2.75, 3.05) is 6.61 Å². The maximum Gasteiger partial charge on any atom is 0.311 e. The molecule has 0 aromatic rings. The summed E-state index contributed by atoms with van der Waals surface area (Å²) in [6, 6.07) is 0. The van der Waals surface area contributed by atoms with Gasteiger partial charge in [-0.2, -0.15) is 0 Å². The molecule has 0 aromatic carbocycles. The summed E-state index contributed by atoms with van der Waals surface area (Å²) in [5.74, 6) is -0.583. The highest BCUT2D eigenvalue weighted by atomic mass is 16.5. The zero-order valence-corrected chi connectivity index (χ0v) is 9.13. The Kier molecular flexibility index (Phi) is 5.20. The molecule has 2 N–H and O–H groups in total. The van der Waals surface area contributed by atoms with Gasteiger partial charge in [0.05, 0.1) is 12.0 Å². The fourth-order valence-electron chi connectivity index (χ4n) is 0.751. The molecule has 82 valence electrons. The van der Waals surface area contributed by atoms with E-state index in [0.29, 0.717) is 6.42 Å². The molecule has 0 aliphatic carbocycles. The molecule has 0 aliphatic heterocycles. The Morgan fingerprint density at radius 1 is 1.36 bits per heavy atom. The van der Waals surface area contributed by atoms with Crippen LogP contribution in [-0.4, -0.2) is 18.5 Å². The SMILES string of the molecule is CCC(C)(C)C(=O)OCCCC(N)=O. The van der Waals surface area contributed by atoms with Crippen molar-refractivity contribution < 1.29 is 14.3 Å². The minimum Gasteiger partial charge on any atom is -0.465 e. The van der Waals surface area contributed by atoms with E-state index in [1.807, 2.05) is 20.8 Å². The van der Waals surface area contributed by atoms with E-state index in [4.69, 9.17) is 10.5 Å². The predicted octanol–water partition coefficient (Wildman–Crippen LogP) is 1.23. The van der Waals surface area contributed by atoms with E-state index in [1.54, 1.807) is 0 Å². The van der Waals surface area contributed by atoms with Crippen molar-refractivity contribution >= 4 is 11.9 Å². The summed E-state index contributed by atoms with van der Waals surface area (Å²) in [4.78, 5) is 21.8. The molecular weight excluding hydrogens is 182 g/mol. The standard InChI is InChI=1S/C10H19NO3/c1-4-10(2,3)9(13)14-7-5-6-8(11)12/h4-7H2,1-3H3,(H2,11,12). The minimum absolute atomic E-state index is 0.218. The number of hydrogen-bond donors (Lipinski definition) is 1. The molecule has 0 atom stereocenters. The van der Waals surface area contributed by atoms with Gasteiger partial charge in [-0.3, -0.25) is 9.59 Å². The van der Waals surface area contributed by atoms with Gasteiger partial charge in [-0.1, -0.05) is 6.92 Å². The molecule has 0 unspecified atom stereocenters. The molecule has 0 fully saturated rings. The Morgan fingerprint density at radius 3 is 2.36 bits per heavy atom. The number of primary amides is 1. The van der Waals surface area contributed by atoms with Crippen LogP contribution in [-0.2, 0) is 14.3 Å². The van der Waals surface area contributed by atoms with Gasteiger partial charge in [-0.25, -0.2) is 0 Å². The zero-order valence-electron chi connectivity index (χ0n) is 9.13. The average Bonchev–Trinajstić information content (AvgIpc) is 2.11. The third kappa shape index (κ3) is 4.84. The molecule has 0 saturated heterocycles. The summed E-state index contributed by atoms with van der Waals surface area (Å²) in [6.45, 7) is 5.88. The largest absolute Gasteiger partial charge is 0.465 e. The smallest absolute Gasteiger partial charge is 0.311 e. The molecule has 0 aromatic heterocycles. The molecule has 0 radical (unpaired) electrons. The van der Waals surface area contributed by atoms with Crippen LogP contribution in [0.2, 0.25) is 0 Å². The fourth-order valence-corrected chi connectivity index (χ4v) is 0.751. The van der Waals surface area contributed by atoms with E-state index in [0.717, 1.165) is 6.42 Å². The van der Waals surface area contributed by atoms with E-state index in [2.05, 4.69) is 0 Å². The van der Waals surface area contributed by atoms with Crippen molar-refractivity contribution in [2.24, 2.45) is 11.1 Å². The molecule has 0 bridgehead atoms. The first-order valence-corrected chi connectivity index (χ1v) is 4.85. The highest BCUT2D eigenvalue weighted by molar-refractivity contribution is 5.76. The van der Waals surface area contributed by atoms with Crippen molar-refractivity contribution in [3.63, 3.8) is 0 Å². The number of ether oxygens (including phenoxy) is 1. The van der Waals surface area contributed by atoms with Gasteiger partial charge in [0.25, 0.3) is 0 Å². The Morgan fingerprint density at radius 2 is 1.93 bits per heavy atom. The minimum atomic E-state index is -0.438. The average molecular weight is 201 g/mol. The lowest BCUT2D eigenvalue weighted by Crippen LogP contribution is -2.26. The first-order chi connectivity index (χ1) is 6.40. The van der Waals surface area contributed by atoms with Crippen LogP contribution in [0.15, 0.2) is 0 Å². The number of carbonyl (C=O) groups excluding carboxylic acids is 2. The lowest BCUT2D eigenvalue weighted by atomic mass is 9.91. The number of carbonyl (C=O) groups is 2. The molecule has 4 nitrogen and oxygen atoms in total. The van der Waals surface area contributed by atoms with Crippen molar-refractivity contribution in [1.82, 2.24) is 0 Å². The lowest BCUT2D eigenvalue weighted by molar-refractivity contribution is -0.154. The van der Waals surface area contributed by atoms with Crippen LogP contribution in [0.25, 0.3) is 0 Å². The van der Waals surface area contributed by atoms with E-state index < -0.39 is 5.41 Å². The second kappa shape index (κ2) is 5.62. The monoisotopic (exact) mass is 201 g/mol. The molecule has 0 saturated carbocycles. The molecule has 0 spiro atoms. The molecular formula is C10H19NO3. The molecule has 0 rings (SSSR count). The summed E-state index contributed by atoms with van der Waals surface area (Å²) in [5, 5.41) is 0. The van der Waals surface area contributed by atoms with Crippen molar-refractivity contribution in [1.29, 1.82) is 0 Å². The number of nitrogens with two attached hydrogens (primary N) is 1. The van der Waals surface area contributed by atoms with Gasteiger partial charge in [0.1, 0.15) is 0 Å². The topological polar surface area (TPSA) is 69.4 Å². The van der Waals surface area contributed by atoms with Gasteiger partial charge in [0.2, 0.25) is 5.91 Å². The van der Waals surface area contributed by atoms with Crippen LogP contribution < -0.4 is 5.73 Å². The molecule has 14 heavy (non-hydrogen) atoms. The van der Waals surface area contributed by atoms with Crippen LogP contribution in [0, 0.1) is 5.41 Å². The molecule has 0 heterocycles. The second-order valence-corrected chi connectivity index (χ2v) is 3.94. The molecule has 0 aliphatic rings. The van der Waals surface area contributed by atoms with Gasteiger partial charge in [0.15, 0.2) is 0 Å². The van der Waals surface area contributed by atoms with Crippen LogP contribution in [0.1, 0.15) is 40.0 Å². The first kappa shape index (κ1) is 12.9.